The topological polar surface area (TPSA) is 40.1 Å². The average Bonchev–Trinajstić information content (AvgIpc) is 2.67. The van der Waals surface area contributed by atoms with Gasteiger partial charge in [0, 0.05) is 39.9 Å². The molecule has 2 saturated heterocycles. The Labute approximate surface area is 155 Å². The second-order valence-corrected chi connectivity index (χ2v) is 7.67. The van der Waals surface area contributed by atoms with Crippen molar-refractivity contribution in [1.82, 2.24) is 15.1 Å². The van der Waals surface area contributed by atoms with Gasteiger partial charge in [-0.05, 0) is 76.9 Å². The first-order chi connectivity index (χ1) is 12.2. The Morgan fingerprint density at radius 1 is 1.08 bits per heavy atom. The van der Waals surface area contributed by atoms with Crippen molar-refractivity contribution in [3.05, 3.63) is 0 Å². The van der Waals surface area contributed by atoms with Gasteiger partial charge in [-0.2, -0.15) is 0 Å². The summed E-state index contributed by atoms with van der Waals surface area (Å²) in [6.07, 6.45) is 7.62. The number of nitrogens with zero attached hydrogens (tertiary/aromatic N) is 3. The second kappa shape index (κ2) is 11.7. The molecule has 0 aromatic rings. The highest BCUT2D eigenvalue weighted by Gasteiger charge is 2.18. The Bertz CT molecular complexity index is 374. The average molecular weight is 353 g/mol. The first-order valence-electron chi connectivity index (χ1n) is 10.5. The van der Waals surface area contributed by atoms with E-state index in [1.165, 1.54) is 58.2 Å². The molecule has 2 heterocycles. The van der Waals surface area contributed by atoms with Gasteiger partial charge in [0.05, 0.1) is 0 Å². The zero-order valence-electron chi connectivity index (χ0n) is 16.8. The number of nitrogens with one attached hydrogen (secondary N) is 1. The molecule has 0 aromatic carbocycles. The molecule has 0 saturated carbocycles. The van der Waals surface area contributed by atoms with Crippen molar-refractivity contribution >= 4 is 5.96 Å². The van der Waals surface area contributed by atoms with E-state index < -0.39 is 0 Å². The SMILES string of the molecule is CCNC(=NCCC1CCN(CC)CC1)N(C)CCC1CCOCC1. The van der Waals surface area contributed by atoms with Gasteiger partial charge in [-0.25, -0.2) is 0 Å². The van der Waals surface area contributed by atoms with Crippen LogP contribution in [0.2, 0.25) is 0 Å². The van der Waals surface area contributed by atoms with Gasteiger partial charge in [0.15, 0.2) is 5.96 Å². The predicted molar refractivity (Wildman–Crippen MR) is 106 cm³/mol. The van der Waals surface area contributed by atoms with Gasteiger partial charge in [0.25, 0.3) is 0 Å². The van der Waals surface area contributed by atoms with Gasteiger partial charge in [0.1, 0.15) is 0 Å². The maximum absolute atomic E-state index is 5.46. The van der Waals surface area contributed by atoms with Crippen LogP contribution in [0.1, 0.15) is 52.4 Å². The third-order valence-corrected chi connectivity index (χ3v) is 5.86. The van der Waals surface area contributed by atoms with Crippen LogP contribution in [0.3, 0.4) is 0 Å². The number of rotatable bonds is 8. The Morgan fingerprint density at radius 3 is 2.40 bits per heavy atom. The monoisotopic (exact) mass is 352 g/mol. The van der Waals surface area contributed by atoms with Gasteiger partial charge < -0.3 is 19.9 Å². The molecule has 0 radical (unpaired) electrons. The lowest BCUT2D eigenvalue weighted by molar-refractivity contribution is 0.0625. The Hall–Kier alpha value is -0.810. The molecule has 5 heteroatoms. The maximum Gasteiger partial charge on any atom is 0.193 e. The highest BCUT2D eigenvalue weighted by Crippen LogP contribution is 2.20. The number of ether oxygens (including phenoxy) is 1. The van der Waals surface area contributed by atoms with Crippen molar-refractivity contribution in [2.45, 2.75) is 52.4 Å². The Balaban J connectivity index is 1.71. The van der Waals surface area contributed by atoms with Crippen molar-refractivity contribution in [3.8, 4) is 0 Å². The lowest BCUT2D eigenvalue weighted by Crippen LogP contribution is -2.40. The quantitative estimate of drug-likeness (QED) is 0.539. The summed E-state index contributed by atoms with van der Waals surface area (Å²) in [6.45, 7) is 13.0. The normalized spacial score (nSPS) is 21.5. The Morgan fingerprint density at radius 2 is 1.76 bits per heavy atom. The van der Waals surface area contributed by atoms with Gasteiger partial charge in [-0.1, -0.05) is 6.92 Å². The zero-order valence-corrected chi connectivity index (χ0v) is 16.8. The summed E-state index contributed by atoms with van der Waals surface area (Å²) in [5.74, 6) is 2.77. The summed E-state index contributed by atoms with van der Waals surface area (Å²) in [7, 11) is 2.18. The molecule has 0 spiro atoms. The zero-order chi connectivity index (χ0) is 17.9. The van der Waals surface area contributed by atoms with Crippen LogP contribution in [0.4, 0.5) is 0 Å². The van der Waals surface area contributed by atoms with E-state index in [1.807, 2.05) is 0 Å². The Kier molecular flexibility index (Phi) is 9.63. The molecule has 25 heavy (non-hydrogen) atoms. The molecule has 0 aromatic heterocycles. The van der Waals surface area contributed by atoms with E-state index in [0.29, 0.717) is 0 Å². The number of guanidine groups is 1. The molecular formula is C20H40N4O. The standard InChI is InChI=1S/C20H40N4O/c1-4-21-20(23(3)13-7-19-10-16-25-17-11-19)22-12-6-18-8-14-24(5-2)15-9-18/h18-19H,4-17H2,1-3H3,(H,21,22). The van der Waals surface area contributed by atoms with E-state index in [4.69, 9.17) is 9.73 Å². The van der Waals surface area contributed by atoms with Crippen LogP contribution >= 0.6 is 0 Å². The number of hydrogen-bond acceptors (Lipinski definition) is 3. The minimum atomic E-state index is 0.822. The molecule has 2 aliphatic heterocycles. The highest BCUT2D eigenvalue weighted by atomic mass is 16.5. The van der Waals surface area contributed by atoms with Gasteiger partial charge in [0.2, 0.25) is 0 Å². The molecule has 1 N–H and O–H groups in total. The van der Waals surface area contributed by atoms with E-state index in [-0.39, 0.29) is 0 Å². The van der Waals surface area contributed by atoms with E-state index in [1.54, 1.807) is 0 Å². The summed E-state index contributed by atoms with van der Waals surface area (Å²) in [5, 5.41) is 3.47. The van der Waals surface area contributed by atoms with Gasteiger partial charge in [-0.15, -0.1) is 0 Å². The van der Waals surface area contributed by atoms with Crippen LogP contribution in [0.25, 0.3) is 0 Å². The molecule has 2 aliphatic rings. The molecule has 0 atom stereocenters. The molecule has 146 valence electrons. The molecule has 0 aliphatic carbocycles. The third-order valence-electron chi connectivity index (χ3n) is 5.86. The van der Waals surface area contributed by atoms with Gasteiger partial charge in [-0.3, -0.25) is 4.99 Å². The van der Waals surface area contributed by atoms with Crippen molar-refractivity contribution in [1.29, 1.82) is 0 Å². The maximum atomic E-state index is 5.46. The van der Waals surface area contributed by atoms with Crippen LogP contribution in [-0.4, -0.2) is 75.3 Å². The molecule has 5 nitrogen and oxygen atoms in total. The largest absolute Gasteiger partial charge is 0.381 e. The van der Waals surface area contributed by atoms with Crippen LogP contribution < -0.4 is 5.32 Å². The molecular weight excluding hydrogens is 312 g/mol. The first kappa shape index (κ1) is 20.5. The number of hydrogen-bond donors (Lipinski definition) is 1. The lowest BCUT2D eigenvalue weighted by atomic mass is 9.94. The predicted octanol–water partition coefficient (Wildman–Crippen LogP) is 2.82. The fourth-order valence-corrected chi connectivity index (χ4v) is 3.93. The molecule has 2 fully saturated rings. The van der Waals surface area contributed by atoms with Crippen molar-refractivity contribution in [2.24, 2.45) is 16.8 Å². The number of aliphatic imine (C=N–C) groups is 1. The fraction of sp³-hybridized carbons (Fsp3) is 0.950. The first-order valence-corrected chi connectivity index (χ1v) is 10.5. The summed E-state index contributed by atoms with van der Waals surface area (Å²) < 4.78 is 5.46. The smallest absolute Gasteiger partial charge is 0.193 e. The van der Waals surface area contributed by atoms with Crippen molar-refractivity contribution in [2.75, 3.05) is 59.5 Å². The molecule has 2 rings (SSSR count). The van der Waals surface area contributed by atoms with Crippen LogP contribution in [0.5, 0.6) is 0 Å². The summed E-state index contributed by atoms with van der Waals surface area (Å²) in [4.78, 5) is 9.79. The molecule has 0 bridgehead atoms. The summed E-state index contributed by atoms with van der Waals surface area (Å²) in [5.41, 5.74) is 0. The summed E-state index contributed by atoms with van der Waals surface area (Å²) >= 11 is 0. The van der Waals surface area contributed by atoms with Gasteiger partial charge >= 0.3 is 0 Å². The molecule has 0 unspecified atom stereocenters. The highest BCUT2D eigenvalue weighted by molar-refractivity contribution is 5.79. The van der Waals surface area contributed by atoms with Crippen molar-refractivity contribution < 1.29 is 4.74 Å². The van der Waals surface area contributed by atoms with E-state index in [9.17, 15) is 0 Å². The number of piperidine rings is 1. The van der Waals surface area contributed by atoms with Crippen molar-refractivity contribution in [3.63, 3.8) is 0 Å². The fourth-order valence-electron chi connectivity index (χ4n) is 3.93. The number of likely N-dealkylation sites (tertiary alicyclic amines) is 1. The minimum Gasteiger partial charge on any atom is -0.381 e. The second-order valence-electron chi connectivity index (χ2n) is 7.67. The summed E-state index contributed by atoms with van der Waals surface area (Å²) in [6, 6.07) is 0. The van der Waals surface area contributed by atoms with E-state index in [2.05, 4.69) is 36.0 Å². The van der Waals surface area contributed by atoms with Crippen LogP contribution in [0, 0.1) is 11.8 Å². The van der Waals surface area contributed by atoms with Crippen LogP contribution in [-0.2, 0) is 4.74 Å². The molecule has 0 amide bonds. The van der Waals surface area contributed by atoms with Crippen LogP contribution in [0.15, 0.2) is 4.99 Å². The minimum absolute atomic E-state index is 0.822. The lowest BCUT2D eigenvalue weighted by Gasteiger charge is -2.31. The van der Waals surface area contributed by atoms with E-state index in [0.717, 1.165) is 50.6 Å². The third kappa shape index (κ3) is 7.53. The van der Waals surface area contributed by atoms with E-state index >= 15 is 0 Å².